The number of halogens is 1. The molecule has 0 spiro atoms. The predicted octanol–water partition coefficient (Wildman–Crippen LogP) is 2.18. The fraction of sp³-hybridized carbons (Fsp3) is 0.286. The Kier molecular flexibility index (Phi) is 4.50. The van der Waals surface area contributed by atoms with Crippen molar-refractivity contribution < 1.29 is 14.0 Å². The molecular formula is C14H11FN2O2. The number of carbonyl (C=O) groups excluding carboxylic acids is 2. The quantitative estimate of drug-likeness (QED) is 0.612. The molecular weight excluding hydrogens is 247 g/mol. The minimum atomic E-state index is -2.24. The molecule has 1 aromatic rings. The van der Waals surface area contributed by atoms with Crippen LogP contribution in [-0.2, 0) is 4.79 Å². The highest BCUT2D eigenvalue weighted by Gasteiger charge is 2.29. The number of rotatable bonds is 4. The molecule has 0 saturated carbocycles. The zero-order valence-corrected chi connectivity index (χ0v) is 10.5. The summed E-state index contributed by atoms with van der Waals surface area (Å²) in [5, 5.41) is 17.6. The molecule has 1 rings (SSSR count). The molecule has 0 aliphatic heterocycles. The Morgan fingerprint density at radius 3 is 2.21 bits per heavy atom. The first-order valence-electron chi connectivity index (χ1n) is 5.58. The van der Waals surface area contributed by atoms with Crippen LogP contribution in [0.1, 0.15) is 35.3 Å². The fourth-order valence-corrected chi connectivity index (χ4v) is 1.46. The van der Waals surface area contributed by atoms with Crippen molar-refractivity contribution in [2.24, 2.45) is 5.92 Å². The molecule has 96 valence electrons. The third-order valence-electron chi connectivity index (χ3n) is 2.59. The summed E-state index contributed by atoms with van der Waals surface area (Å²) in [6, 6.07) is 7.17. The maximum absolute atomic E-state index is 13.7. The third kappa shape index (κ3) is 3.02. The van der Waals surface area contributed by atoms with Gasteiger partial charge in [-0.1, -0.05) is 13.8 Å². The largest absolute Gasteiger partial charge is 0.296 e. The van der Waals surface area contributed by atoms with E-state index < -0.39 is 23.7 Å². The highest BCUT2D eigenvalue weighted by molar-refractivity contribution is 6.13. The number of hydrogen-bond acceptors (Lipinski definition) is 4. The lowest BCUT2D eigenvalue weighted by atomic mass is 9.96. The monoisotopic (exact) mass is 258 g/mol. The molecule has 1 atom stereocenters. The van der Waals surface area contributed by atoms with Gasteiger partial charge in [0, 0.05) is 11.5 Å². The molecule has 1 unspecified atom stereocenters. The van der Waals surface area contributed by atoms with Gasteiger partial charge >= 0.3 is 0 Å². The number of carbonyl (C=O) groups is 2. The Morgan fingerprint density at radius 2 is 1.74 bits per heavy atom. The number of ketones is 2. The average molecular weight is 258 g/mol. The molecule has 5 heteroatoms. The van der Waals surface area contributed by atoms with Crippen molar-refractivity contribution in [2.45, 2.75) is 20.0 Å². The summed E-state index contributed by atoms with van der Waals surface area (Å²) in [5.41, 5.74) is -0.000704. The molecule has 0 aromatic heterocycles. The van der Waals surface area contributed by atoms with E-state index in [4.69, 9.17) is 10.5 Å². The molecule has 0 heterocycles. The van der Waals surface area contributed by atoms with E-state index in [1.54, 1.807) is 12.1 Å². The van der Waals surface area contributed by atoms with Gasteiger partial charge in [0.2, 0.25) is 12.0 Å². The third-order valence-corrected chi connectivity index (χ3v) is 2.59. The lowest BCUT2D eigenvalue weighted by Crippen LogP contribution is -2.29. The Morgan fingerprint density at radius 1 is 1.16 bits per heavy atom. The number of benzene rings is 1. The molecule has 1 aromatic carbocycles. The maximum Gasteiger partial charge on any atom is 0.221 e. The van der Waals surface area contributed by atoms with Crippen LogP contribution in [-0.4, -0.2) is 17.7 Å². The van der Waals surface area contributed by atoms with Gasteiger partial charge in [0.1, 0.15) is 12.1 Å². The second-order valence-corrected chi connectivity index (χ2v) is 4.27. The molecule has 0 N–H and O–H groups in total. The van der Waals surface area contributed by atoms with Crippen molar-refractivity contribution in [3.8, 4) is 12.1 Å². The Balaban J connectivity index is 3.12. The summed E-state index contributed by atoms with van der Waals surface area (Å²) in [5.74, 6) is -2.37. The zero-order chi connectivity index (χ0) is 14.6. The molecule has 0 fully saturated rings. The van der Waals surface area contributed by atoms with Crippen LogP contribution >= 0.6 is 0 Å². The summed E-state index contributed by atoms with van der Waals surface area (Å²) >= 11 is 0. The van der Waals surface area contributed by atoms with Gasteiger partial charge in [-0.15, -0.1) is 0 Å². The highest BCUT2D eigenvalue weighted by Crippen LogP contribution is 2.15. The highest BCUT2D eigenvalue weighted by atomic mass is 19.1. The number of alkyl halides is 1. The lowest BCUT2D eigenvalue weighted by molar-refractivity contribution is -0.125. The summed E-state index contributed by atoms with van der Waals surface area (Å²) in [6.45, 7) is 3.00. The van der Waals surface area contributed by atoms with E-state index >= 15 is 0 Å². The summed E-state index contributed by atoms with van der Waals surface area (Å²) < 4.78 is 13.7. The van der Waals surface area contributed by atoms with E-state index in [-0.39, 0.29) is 16.7 Å². The van der Waals surface area contributed by atoms with Crippen LogP contribution in [0.15, 0.2) is 18.2 Å². The number of Topliss-reactive ketones (excluding diaryl/α,β-unsaturated/α-hetero) is 2. The molecule has 0 aliphatic rings. The molecule has 0 saturated heterocycles. The number of nitriles is 2. The predicted molar refractivity (Wildman–Crippen MR) is 64.9 cm³/mol. The van der Waals surface area contributed by atoms with E-state index in [1.165, 1.54) is 26.0 Å². The van der Waals surface area contributed by atoms with Crippen molar-refractivity contribution in [3.05, 3.63) is 34.9 Å². The standard InChI is InChI=1S/C14H11FN2O2/c1-8(2)13(18)12(15)14(19)9-3-4-10(6-16)11(5-9)7-17/h3-5,8,12H,1-2H3. The first-order valence-corrected chi connectivity index (χ1v) is 5.58. The van der Waals surface area contributed by atoms with E-state index in [1.807, 2.05) is 0 Å². The van der Waals surface area contributed by atoms with Crippen LogP contribution < -0.4 is 0 Å². The Bertz CT molecular complexity index is 609. The SMILES string of the molecule is CC(C)C(=O)C(F)C(=O)c1ccc(C#N)c(C#N)c1. The van der Waals surface area contributed by atoms with Crippen LogP contribution in [0.4, 0.5) is 4.39 Å². The van der Waals surface area contributed by atoms with Gasteiger partial charge in [-0.25, -0.2) is 4.39 Å². The van der Waals surface area contributed by atoms with Crippen molar-refractivity contribution >= 4 is 11.6 Å². The van der Waals surface area contributed by atoms with Crippen molar-refractivity contribution in [1.29, 1.82) is 10.5 Å². The van der Waals surface area contributed by atoms with Gasteiger partial charge in [-0.2, -0.15) is 10.5 Å². The number of nitrogens with zero attached hydrogens (tertiary/aromatic N) is 2. The summed E-state index contributed by atoms with van der Waals surface area (Å²) in [6.07, 6.45) is -2.24. The topological polar surface area (TPSA) is 81.7 Å². The van der Waals surface area contributed by atoms with E-state index in [0.29, 0.717) is 0 Å². The van der Waals surface area contributed by atoms with E-state index in [2.05, 4.69) is 0 Å². The molecule has 19 heavy (non-hydrogen) atoms. The van der Waals surface area contributed by atoms with Crippen molar-refractivity contribution in [1.82, 2.24) is 0 Å². The van der Waals surface area contributed by atoms with Crippen molar-refractivity contribution in [3.63, 3.8) is 0 Å². The maximum atomic E-state index is 13.7. The second kappa shape index (κ2) is 5.88. The summed E-state index contributed by atoms with van der Waals surface area (Å²) in [4.78, 5) is 23.2. The van der Waals surface area contributed by atoms with Gasteiger partial charge in [0.25, 0.3) is 0 Å². The molecule has 0 amide bonds. The molecule has 4 nitrogen and oxygen atoms in total. The van der Waals surface area contributed by atoms with Gasteiger partial charge in [0.05, 0.1) is 11.1 Å². The fourth-order valence-electron chi connectivity index (χ4n) is 1.46. The summed E-state index contributed by atoms with van der Waals surface area (Å²) in [7, 11) is 0. The first-order chi connectivity index (χ1) is 8.92. The average Bonchev–Trinajstić information content (AvgIpc) is 2.43. The molecule has 0 bridgehead atoms. The minimum Gasteiger partial charge on any atom is -0.296 e. The van der Waals surface area contributed by atoms with Crippen LogP contribution in [0.2, 0.25) is 0 Å². The van der Waals surface area contributed by atoms with Crippen LogP contribution in [0, 0.1) is 28.6 Å². The van der Waals surface area contributed by atoms with Crippen LogP contribution in [0.25, 0.3) is 0 Å². The lowest BCUT2D eigenvalue weighted by Gasteiger charge is -2.09. The second-order valence-electron chi connectivity index (χ2n) is 4.27. The van der Waals surface area contributed by atoms with E-state index in [0.717, 1.165) is 6.07 Å². The van der Waals surface area contributed by atoms with Crippen molar-refractivity contribution in [2.75, 3.05) is 0 Å². The molecule has 0 aliphatic carbocycles. The number of hydrogen-bond donors (Lipinski definition) is 0. The normalized spacial score (nSPS) is 11.5. The first kappa shape index (κ1) is 14.5. The Hall–Kier alpha value is -2.53. The minimum absolute atomic E-state index is 0.0162. The van der Waals surface area contributed by atoms with Crippen LogP contribution in [0.5, 0.6) is 0 Å². The molecule has 0 radical (unpaired) electrons. The Labute approximate surface area is 110 Å². The van der Waals surface area contributed by atoms with Gasteiger partial charge in [-0.05, 0) is 18.2 Å². The van der Waals surface area contributed by atoms with Gasteiger partial charge in [0.15, 0.2) is 5.78 Å². The van der Waals surface area contributed by atoms with Gasteiger partial charge < -0.3 is 0 Å². The smallest absolute Gasteiger partial charge is 0.221 e. The van der Waals surface area contributed by atoms with Crippen LogP contribution in [0.3, 0.4) is 0 Å². The van der Waals surface area contributed by atoms with Gasteiger partial charge in [-0.3, -0.25) is 9.59 Å². The van der Waals surface area contributed by atoms with E-state index in [9.17, 15) is 14.0 Å². The zero-order valence-electron chi connectivity index (χ0n) is 10.5.